The molecule has 3 unspecified atom stereocenters. The van der Waals surface area contributed by atoms with Crippen molar-refractivity contribution >= 4 is 15.9 Å². The van der Waals surface area contributed by atoms with E-state index in [4.69, 9.17) is 14.2 Å². The molecule has 1 heterocycles. The lowest BCUT2D eigenvalue weighted by Gasteiger charge is -2.38. The number of para-hydroxylation sites is 3. The number of halogens is 1. The maximum Gasteiger partial charge on any atom is 0.175 e. The highest BCUT2D eigenvalue weighted by Crippen LogP contribution is 2.46. The van der Waals surface area contributed by atoms with Crippen molar-refractivity contribution < 1.29 is 19.3 Å². The van der Waals surface area contributed by atoms with Crippen molar-refractivity contribution in [2.75, 3.05) is 20.2 Å². The number of hydrogen-bond donors (Lipinski definition) is 2. The number of aliphatic hydroxyl groups excluding tert-OH is 1. The number of allylic oxidation sites excluding steroid dienone is 1. The van der Waals surface area contributed by atoms with Gasteiger partial charge in [-0.2, -0.15) is 0 Å². The molecule has 0 aromatic heterocycles. The molecule has 1 aliphatic heterocycles. The van der Waals surface area contributed by atoms with Gasteiger partial charge in [0.1, 0.15) is 23.0 Å². The van der Waals surface area contributed by atoms with Crippen molar-refractivity contribution in [3.05, 3.63) is 113 Å². The Kier molecular flexibility index (Phi) is 13.6. The van der Waals surface area contributed by atoms with E-state index in [0.717, 1.165) is 78.5 Å². The topological polar surface area (TPSA) is 60.0 Å². The Bertz CT molecular complexity index is 1400. The second kappa shape index (κ2) is 17.6. The van der Waals surface area contributed by atoms with E-state index in [0.29, 0.717) is 5.92 Å². The zero-order valence-electron chi connectivity index (χ0n) is 27.3. The lowest BCUT2D eigenvalue weighted by Crippen LogP contribution is -2.41. The van der Waals surface area contributed by atoms with Crippen LogP contribution in [0.15, 0.2) is 96.8 Å². The maximum absolute atomic E-state index is 9.77. The minimum atomic E-state index is -0.872. The molecule has 5 rings (SSSR count). The third kappa shape index (κ3) is 9.02. The highest BCUT2D eigenvalue weighted by molar-refractivity contribution is 9.09. The normalized spacial score (nSPS) is 21.6. The Hall–Kier alpha value is -3.06. The number of ether oxygens (including phenoxy) is 3. The molecule has 45 heavy (non-hydrogen) atoms. The molecule has 1 saturated heterocycles. The molecule has 0 amide bonds. The molecule has 0 spiro atoms. The summed E-state index contributed by atoms with van der Waals surface area (Å²) in [4.78, 5) is -0.139. The average Bonchev–Trinajstić information content (AvgIpc) is 3.09. The van der Waals surface area contributed by atoms with E-state index in [1.54, 1.807) is 7.11 Å². The second-order valence-electron chi connectivity index (χ2n) is 11.7. The molecule has 242 valence electrons. The van der Waals surface area contributed by atoms with Crippen molar-refractivity contribution in [1.82, 2.24) is 5.32 Å². The highest BCUT2D eigenvalue weighted by Gasteiger charge is 2.44. The molecule has 0 radical (unpaired) electrons. The smallest absolute Gasteiger partial charge is 0.175 e. The van der Waals surface area contributed by atoms with Crippen LogP contribution in [-0.4, -0.2) is 36.2 Å². The van der Waals surface area contributed by atoms with Crippen LogP contribution in [0.5, 0.6) is 17.2 Å². The van der Waals surface area contributed by atoms with Crippen LogP contribution in [0.3, 0.4) is 0 Å². The first-order valence-electron chi connectivity index (χ1n) is 16.6. The molecule has 1 aliphatic carbocycles. The first kappa shape index (κ1) is 34.8. The summed E-state index contributed by atoms with van der Waals surface area (Å²) in [5, 5.41) is 13.1. The fraction of sp³-hybridized carbons (Fsp3) is 0.436. The molecule has 2 aliphatic rings. The number of nitrogens with one attached hydrogen (secondary N) is 1. The van der Waals surface area contributed by atoms with Gasteiger partial charge in [-0.3, -0.25) is 0 Å². The molecule has 4 atom stereocenters. The number of unbranched alkanes of at least 4 members (excludes halogenated alkanes) is 1. The molecular weight excluding hydrogens is 626 g/mol. The Morgan fingerprint density at radius 1 is 0.911 bits per heavy atom. The van der Waals surface area contributed by atoms with Crippen molar-refractivity contribution in [1.29, 1.82) is 0 Å². The molecule has 1 fully saturated rings. The van der Waals surface area contributed by atoms with Gasteiger partial charge in [0.2, 0.25) is 0 Å². The van der Waals surface area contributed by atoms with Crippen molar-refractivity contribution in [3.8, 4) is 17.2 Å². The number of benzene rings is 3. The van der Waals surface area contributed by atoms with Gasteiger partial charge in [0.25, 0.3) is 0 Å². The first-order valence-corrected chi connectivity index (χ1v) is 17.5. The number of rotatable bonds is 12. The molecule has 3 aromatic rings. The quantitative estimate of drug-likeness (QED) is 0.187. The molecule has 2 N–H and O–H groups in total. The average molecular weight is 677 g/mol. The van der Waals surface area contributed by atoms with Gasteiger partial charge in [-0.15, -0.1) is 0 Å². The van der Waals surface area contributed by atoms with E-state index in [1.165, 1.54) is 19.3 Å². The SMILES string of the molecule is CCCCC(O)[C@@H]1CCCNC1.CCc1ccccc1Oc1ccccc1C1(Oc2ccccc2CC)C=C(OC)C=CC1Br. The zero-order chi connectivity index (χ0) is 32.1. The molecule has 5 nitrogen and oxygen atoms in total. The third-order valence-electron chi connectivity index (χ3n) is 8.68. The highest BCUT2D eigenvalue weighted by atomic mass is 79.9. The third-order valence-corrected chi connectivity index (χ3v) is 9.66. The lowest BCUT2D eigenvalue weighted by molar-refractivity contribution is 0.0821. The summed E-state index contributed by atoms with van der Waals surface area (Å²) >= 11 is 3.89. The van der Waals surface area contributed by atoms with E-state index in [1.807, 2.05) is 66.7 Å². The van der Waals surface area contributed by atoms with Crippen LogP contribution in [0.4, 0.5) is 0 Å². The summed E-state index contributed by atoms with van der Waals surface area (Å²) in [6, 6.07) is 24.4. The summed E-state index contributed by atoms with van der Waals surface area (Å²) in [7, 11) is 1.68. The van der Waals surface area contributed by atoms with Crippen molar-refractivity contribution in [2.45, 2.75) is 82.2 Å². The van der Waals surface area contributed by atoms with Crippen molar-refractivity contribution in [3.63, 3.8) is 0 Å². The monoisotopic (exact) mass is 675 g/mol. The number of hydrogen-bond acceptors (Lipinski definition) is 5. The second-order valence-corrected chi connectivity index (χ2v) is 12.7. The van der Waals surface area contributed by atoms with Gasteiger partial charge in [-0.1, -0.05) is 110 Å². The van der Waals surface area contributed by atoms with Crippen LogP contribution >= 0.6 is 15.9 Å². The fourth-order valence-electron chi connectivity index (χ4n) is 5.98. The van der Waals surface area contributed by atoms with Crippen LogP contribution in [0, 0.1) is 5.92 Å². The molecular formula is C39H50BrNO4. The van der Waals surface area contributed by atoms with E-state index in [9.17, 15) is 5.11 Å². The number of methoxy groups -OCH3 is 1. The van der Waals surface area contributed by atoms with Gasteiger partial charge < -0.3 is 24.6 Å². The summed E-state index contributed by atoms with van der Waals surface area (Å²) in [5.41, 5.74) is 2.35. The Labute approximate surface area is 278 Å². The molecule has 3 aromatic carbocycles. The predicted molar refractivity (Wildman–Crippen MR) is 189 cm³/mol. The van der Waals surface area contributed by atoms with E-state index < -0.39 is 5.60 Å². The van der Waals surface area contributed by atoms with Gasteiger partial charge in [0.15, 0.2) is 5.60 Å². The number of aliphatic hydroxyl groups is 1. The number of piperidine rings is 1. The van der Waals surface area contributed by atoms with Crippen LogP contribution in [0.2, 0.25) is 0 Å². The summed E-state index contributed by atoms with van der Waals surface area (Å²) in [5.74, 6) is 3.70. The fourth-order valence-corrected chi connectivity index (χ4v) is 6.61. The number of aryl methyl sites for hydroxylation is 2. The minimum absolute atomic E-state index is 0.0576. The van der Waals surface area contributed by atoms with Crippen LogP contribution < -0.4 is 14.8 Å². The Morgan fingerprint density at radius 3 is 2.20 bits per heavy atom. The van der Waals surface area contributed by atoms with Crippen LogP contribution in [-0.2, 0) is 23.2 Å². The largest absolute Gasteiger partial charge is 0.497 e. The van der Waals surface area contributed by atoms with E-state index in [-0.39, 0.29) is 10.9 Å². The van der Waals surface area contributed by atoms with Crippen LogP contribution in [0.25, 0.3) is 0 Å². The van der Waals surface area contributed by atoms with Crippen LogP contribution in [0.1, 0.15) is 69.6 Å². The van der Waals surface area contributed by atoms with E-state index in [2.05, 4.69) is 66.3 Å². The van der Waals surface area contributed by atoms with E-state index >= 15 is 0 Å². The van der Waals surface area contributed by atoms with Gasteiger partial charge in [-0.05, 0) is 80.0 Å². The molecule has 6 heteroatoms. The van der Waals surface area contributed by atoms with Gasteiger partial charge in [-0.25, -0.2) is 0 Å². The first-order chi connectivity index (χ1) is 21.9. The standard InChI is InChI=1S/C29H29BrO3.C10H21NO/c1-4-21-12-6-9-15-25(21)32-27-17-11-8-14-24(27)29(20-23(31-3)18-19-28(29)30)33-26-16-10-7-13-22(26)5-2;1-2-3-6-10(12)9-5-4-7-11-8-9/h6-20,28H,4-5H2,1-3H3;9-12H,2-8H2,1H3/t;9-,10?/m.1/s1. The Morgan fingerprint density at radius 2 is 1.56 bits per heavy atom. The van der Waals surface area contributed by atoms with Gasteiger partial charge in [0, 0.05) is 18.2 Å². The van der Waals surface area contributed by atoms with Gasteiger partial charge >= 0.3 is 0 Å². The minimum Gasteiger partial charge on any atom is -0.497 e. The Balaban J connectivity index is 0.000000323. The summed E-state index contributed by atoms with van der Waals surface area (Å²) < 4.78 is 19.1. The van der Waals surface area contributed by atoms with Gasteiger partial charge in [0.05, 0.1) is 18.0 Å². The summed E-state index contributed by atoms with van der Waals surface area (Å²) in [6.07, 6.45) is 13.5. The number of alkyl halides is 1. The maximum atomic E-state index is 9.77. The molecule has 0 bridgehead atoms. The van der Waals surface area contributed by atoms with Crippen molar-refractivity contribution in [2.24, 2.45) is 5.92 Å². The lowest BCUT2D eigenvalue weighted by atomic mass is 9.85. The molecule has 0 saturated carbocycles. The summed E-state index contributed by atoms with van der Waals surface area (Å²) in [6.45, 7) is 8.60. The zero-order valence-corrected chi connectivity index (χ0v) is 28.9. The predicted octanol–water partition coefficient (Wildman–Crippen LogP) is 9.28.